The normalized spacial score (nSPS) is 10.3. The number of carbonyl (C=O) groups is 1. The number of pyridine rings is 1. The van der Waals surface area contributed by atoms with Gasteiger partial charge in [-0.25, -0.2) is 4.98 Å². The van der Waals surface area contributed by atoms with E-state index in [1.807, 2.05) is 30.3 Å². The molecule has 0 radical (unpaired) electrons. The minimum Gasteiger partial charge on any atom is -0.497 e. The van der Waals surface area contributed by atoms with E-state index in [4.69, 9.17) is 13.9 Å². The SMILES string of the molecule is COc1ccc(OCCNc2ccc(C(=O)NCc3ccco3)nc2)cc1. The topological polar surface area (TPSA) is 85.6 Å². The van der Waals surface area contributed by atoms with Crippen molar-refractivity contribution in [1.82, 2.24) is 10.3 Å². The maximum Gasteiger partial charge on any atom is 0.270 e. The lowest BCUT2D eigenvalue weighted by molar-refractivity contribution is 0.0943. The Morgan fingerprint density at radius 1 is 1.11 bits per heavy atom. The number of hydrogen-bond acceptors (Lipinski definition) is 6. The molecule has 2 aromatic heterocycles. The number of ether oxygens (including phenoxy) is 2. The Morgan fingerprint density at radius 2 is 1.93 bits per heavy atom. The van der Waals surface area contributed by atoms with Crippen molar-refractivity contribution in [2.75, 3.05) is 25.6 Å². The molecule has 3 rings (SSSR count). The molecular weight excluding hydrogens is 346 g/mol. The van der Waals surface area contributed by atoms with Crippen molar-refractivity contribution in [2.45, 2.75) is 6.54 Å². The lowest BCUT2D eigenvalue weighted by Crippen LogP contribution is -2.23. The van der Waals surface area contributed by atoms with E-state index in [-0.39, 0.29) is 5.91 Å². The molecule has 1 amide bonds. The van der Waals surface area contributed by atoms with E-state index in [0.29, 0.717) is 31.2 Å². The summed E-state index contributed by atoms with van der Waals surface area (Å²) in [4.78, 5) is 16.2. The number of nitrogens with zero attached hydrogens (tertiary/aromatic N) is 1. The van der Waals surface area contributed by atoms with Crippen LogP contribution in [-0.2, 0) is 6.54 Å². The van der Waals surface area contributed by atoms with E-state index >= 15 is 0 Å². The second kappa shape index (κ2) is 9.28. The predicted molar refractivity (Wildman–Crippen MR) is 101 cm³/mol. The number of benzene rings is 1. The van der Waals surface area contributed by atoms with Crippen LogP contribution in [-0.4, -0.2) is 31.2 Å². The third-order valence-corrected chi connectivity index (χ3v) is 3.76. The molecule has 0 aliphatic carbocycles. The van der Waals surface area contributed by atoms with E-state index < -0.39 is 0 Å². The highest BCUT2D eigenvalue weighted by Crippen LogP contribution is 2.16. The molecule has 0 saturated heterocycles. The van der Waals surface area contributed by atoms with Gasteiger partial charge in [0.2, 0.25) is 0 Å². The van der Waals surface area contributed by atoms with Gasteiger partial charge in [-0.15, -0.1) is 0 Å². The maximum absolute atomic E-state index is 12.0. The molecule has 0 fully saturated rings. The lowest BCUT2D eigenvalue weighted by Gasteiger charge is -2.09. The highest BCUT2D eigenvalue weighted by atomic mass is 16.5. The molecule has 0 bridgehead atoms. The highest BCUT2D eigenvalue weighted by Gasteiger charge is 2.07. The molecule has 1 aromatic carbocycles. The van der Waals surface area contributed by atoms with Crippen molar-refractivity contribution >= 4 is 11.6 Å². The van der Waals surface area contributed by atoms with Gasteiger partial charge in [0.15, 0.2) is 0 Å². The van der Waals surface area contributed by atoms with E-state index in [0.717, 1.165) is 17.2 Å². The number of carbonyl (C=O) groups excluding carboxylic acids is 1. The summed E-state index contributed by atoms with van der Waals surface area (Å²) in [5.41, 5.74) is 1.16. The van der Waals surface area contributed by atoms with Crippen LogP contribution in [0.5, 0.6) is 11.5 Å². The number of methoxy groups -OCH3 is 1. The molecule has 3 aromatic rings. The Balaban J connectivity index is 1.39. The first kappa shape index (κ1) is 18.3. The maximum atomic E-state index is 12.0. The fourth-order valence-electron chi connectivity index (χ4n) is 2.34. The standard InChI is InChI=1S/C20H21N3O4/c1-25-16-5-7-17(8-6-16)27-12-10-21-15-4-9-19(22-13-15)20(24)23-14-18-3-2-11-26-18/h2-9,11,13,21H,10,12,14H2,1H3,(H,23,24). The highest BCUT2D eigenvalue weighted by molar-refractivity contribution is 5.92. The van der Waals surface area contributed by atoms with Crippen molar-refractivity contribution in [2.24, 2.45) is 0 Å². The number of rotatable bonds is 9. The van der Waals surface area contributed by atoms with Crippen molar-refractivity contribution in [1.29, 1.82) is 0 Å². The van der Waals surface area contributed by atoms with Crippen molar-refractivity contribution in [3.05, 3.63) is 72.4 Å². The summed E-state index contributed by atoms with van der Waals surface area (Å²) in [6.45, 7) is 1.44. The van der Waals surface area contributed by atoms with Crippen LogP contribution >= 0.6 is 0 Å². The molecule has 0 aliphatic heterocycles. The summed E-state index contributed by atoms with van der Waals surface area (Å²) in [7, 11) is 1.63. The molecule has 7 nitrogen and oxygen atoms in total. The van der Waals surface area contributed by atoms with Gasteiger partial charge in [-0.1, -0.05) is 0 Å². The zero-order valence-electron chi connectivity index (χ0n) is 15.0. The van der Waals surface area contributed by atoms with Crippen LogP contribution in [0.2, 0.25) is 0 Å². The molecule has 2 N–H and O–H groups in total. The van der Waals surface area contributed by atoms with Crippen LogP contribution in [0, 0.1) is 0 Å². The van der Waals surface area contributed by atoms with Gasteiger partial charge in [0.25, 0.3) is 5.91 Å². The first-order chi connectivity index (χ1) is 13.2. The van der Waals surface area contributed by atoms with Crippen LogP contribution in [0.1, 0.15) is 16.2 Å². The number of aromatic nitrogens is 1. The van der Waals surface area contributed by atoms with Gasteiger partial charge in [-0.3, -0.25) is 4.79 Å². The Hall–Kier alpha value is -3.48. The molecule has 0 spiro atoms. The lowest BCUT2D eigenvalue weighted by atomic mass is 10.3. The average molecular weight is 367 g/mol. The Morgan fingerprint density at radius 3 is 2.59 bits per heavy atom. The summed E-state index contributed by atoms with van der Waals surface area (Å²) in [5, 5.41) is 5.95. The molecule has 0 atom stereocenters. The number of nitrogens with one attached hydrogen (secondary N) is 2. The molecule has 2 heterocycles. The fourth-order valence-corrected chi connectivity index (χ4v) is 2.34. The second-order valence-electron chi connectivity index (χ2n) is 5.64. The van der Waals surface area contributed by atoms with Crippen molar-refractivity contribution in [3.8, 4) is 11.5 Å². The average Bonchev–Trinajstić information content (AvgIpc) is 3.24. The number of furan rings is 1. The molecular formula is C20H21N3O4. The Kier molecular flexibility index (Phi) is 6.30. The molecule has 140 valence electrons. The molecule has 0 unspecified atom stereocenters. The van der Waals surface area contributed by atoms with Crippen LogP contribution in [0.4, 0.5) is 5.69 Å². The first-order valence-corrected chi connectivity index (χ1v) is 8.52. The second-order valence-corrected chi connectivity index (χ2v) is 5.64. The van der Waals surface area contributed by atoms with E-state index in [2.05, 4.69) is 15.6 Å². The first-order valence-electron chi connectivity index (χ1n) is 8.52. The van der Waals surface area contributed by atoms with Gasteiger partial charge < -0.3 is 24.5 Å². The van der Waals surface area contributed by atoms with Gasteiger partial charge >= 0.3 is 0 Å². The summed E-state index contributed by atoms with van der Waals surface area (Å²) >= 11 is 0. The monoisotopic (exact) mass is 367 g/mol. The van der Waals surface area contributed by atoms with Gasteiger partial charge in [-0.2, -0.15) is 0 Å². The van der Waals surface area contributed by atoms with Gasteiger partial charge in [0, 0.05) is 6.54 Å². The smallest absolute Gasteiger partial charge is 0.270 e. The number of hydrogen-bond donors (Lipinski definition) is 2. The van der Waals surface area contributed by atoms with E-state index in [1.165, 1.54) is 0 Å². The predicted octanol–water partition coefficient (Wildman–Crippen LogP) is 3.10. The number of anilines is 1. The number of amides is 1. The van der Waals surface area contributed by atoms with Gasteiger partial charge in [0.1, 0.15) is 29.6 Å². The van der Waals surface area contributed by atoms with Crippen LogP contribution < -0.4 is 20.1 Å². The summed E-state index contributed by atoms with van der Waals surface area (Å²) in [6, 6.07) is 14.5. The van der Waals surface area contributed by atoms with E-state index in [9.17, 15) is 4.79 Å². The van der Waals surface area contributed by atoms with Crippen molar-refractivity contribution in [3.63, 3.8) is 0 Å². The Bertz CT molecular complexity index is 831. The zero-order chi connectivity index (χ0) is 18.9. The van der Waals surface area contributed by atoms with Crippen LogP contribution in [0.25, 0.3) is 0 Å². The van der Waals surface area contributed by atoms with Crippen LogP contribution in [0.15, 0.2) is 65.4 Å². The van der Waals surface area contributed by atoms with Crippen molar-refractivity contribution < 1.29 is 18.7 Å². The zero-order valence-corrected chi connectivity index (χ0v) is 15.0. The fraction of sp³-hybridized carbons (Fsp3) is 0.200. The van der Waals surface area contributed by atoms with E-state index in [1.54, 1.807) is 37.8 Å². The minimum atomic E-state index is -0.249. The minimum absolute atomic E-state index is 0.249. The molecule has 0 saturated carbocycles. The summed E-state index contributed by atoms with van der Waals surface area (Å²) in [6.07, 6.45) is 3.19. The summed E-state index contributed by atoms with van der Waals surface area (Å²) in [5.74, 6) is 2.01. The largest absolute Gasteiger partial charge is 0.497 e. The molecule has 27 heavy (non-hydrogen) atoms. The third-order valence-electron chi connectivity index (χ3n) is 3.76. The quantitative estimate of drug-likeness (QED) is 0.565. The van der Waals surface area contributed by atoms with Gasteiger partial charge in [-0.05, 0) is 48.5 Å². The molecule has 0 aliphatic rings. The Labute approximate surface area is 157 Å². The third kappa shape index (κ3) is 5.50. The van der Waals surface area contributed by atoms with Crippen LogP contribution in [0.3, 0.4) is 0 Å². The van der Waals surface area contributed by atoms with Gasteiger partial charge in [0.05, 0.1) is 31.8 Å². The molecule has 7 heteroatoms. The summed E-state index contributed by atoms with van der Waals surface area (Å²) < 4.78 is 15.9.